The first-order chi connectivity index (χ1) is 15.6. The third kappa shape index (κ3) is 5.96. The van der Waals surface area contributed by atoms with Gasteiger partial charge in [-0.2, -0.15) is 0 Å². The zero-order valence-electron chi connectivity index (χ0n) is 17.4. The van der Waals surface area contributed by atoms with Crippen LogP contribution in [0.3, 0.4) is 0 Å². The highest BCUT2D eigenvalue weighted by Crippen LogP contribution is 2.26. The Balaban J connectivity index is 1.29. The lowest BCUT2D eigenvalue weighted by molar-refractivity contribution is 0.482. The number of ether oxygens (including phenoxy) is 1. The van der Waals surface area contributed by atoms with Crippen LogP contribution in [0.5, 0.6) is 11.5 Å². The molecule has 32 heavy (non-hydrogen) atoms. The van der Waals surface area contributed by atoms with Gasteiger partial charge >= 0.3 is 0 Å². The number of thioether (sulfide) groups is 1. The number of benzene rings is 2. The Morgan fingerprint density at radius 3 is 2.47 bits per heavy atom. The van der Waals surface area contributed by atoms with E-state index in [9.17, 15) is 4.79 Å². The summed E-state index contributed by atoms with van der Waals surface area (Å²) in [5.74, 6) is 2.33. The van der Waals surface area contributed by atoms with Crippen LogP contribution in [0, 0.1) is 6.92 Å². The molecule has 4 aromatic rings. The van der Waals surface area contributed by atoms with Crippen molar-refractivity contribution < 1.29 is 4.74 Å². The first kappa shape index (κ1) is 22.0. The van der Waals surface area contributed by atoms with E-state index in [1.165, 1.54) is 23.7 Å². The molecule has 8 heteroatoms. The number of rotatable bonds is 8. The van der Waals surface area contributed by atoms with Crippen molar-refractivity contribution in [2.75, 3.05) is 5.75 Å². The highest BCUT2D eigenvalue weighted by atomic mass is 35.5. The Morgan fingerprint density at radius 2 is 1.75 bits per heavy atom. The minimum atomic E-state index is -0.134. The van der Waals surface area contributed by atoms with E-state index in [0.29, 0.717) is 17.1 Å². The van der Waals surface area contributed by atoms with E-state index in [1.54, 1.807) is 18.6 Å². The fourth-order valence-electron chi connectivity index (χ4n) is 3.05. The molecule has 0 radical (unpaired) electrons. The number of halogens is 1. The lowest BCUT2D eigenvalue weighted by atomic mass is 10.1. The molecule has 4 rings (SSSR count). The van der Waals surface area contributed by atoms with Gasteiger partial charge in [0.05, 0.1) is 0 Å². The Morgan fingerprint density at radius 1 is 1.00 bits per heavy atom. The van der Waals surface area contributed by atoms with Crippen molar-refractivity contribution in [3.05, 3.63) is 105 Å². The van der Waals surface area contributed by atoms with Crippen molar-refractivity contribution in [3.63, 3.8) is 0 Å². The second-order valence-corrected chi connectivity index (χ2v) is 8.71. The van der Waals surface area contributed by atoms with Gasteiger partial charge in [0.25, 0.3) is 5.56 Å². The Kier molecular flexibility index (Phi) is 7.19. The molecule has 0 bridgehead atoms. The zero-order chi connectivity index (χ0) is 22.3. The van der Waals surface area contributed by atoms with Gasteiger partial charge in [0.2, 0.25) is 0 Å². The van der Waals surface area contributed by atoms with Crippen LogP contribution in [0.25, 0.3) is 0 Å². The van der Waals surface area contributed by atoms with Crippen LogP contribution >= 0.6 is 23.4 Å². The third-order valence-electron chi connectivity index (χ3n) is 4.78. The normalized spacial score (nSPS) is 10.8. The molecule has 2 aromatic carbocycles. The number of nitrogens with one attached hydrogen (secondary N) is 1. The minimum Gasteiger partial charge on any atom is -0.457 e. The predicted octanol–water partition coefficient (Wildman–Crippen LogP) is 5.24. The highest BCUT2D eigenvalue weighted by molar-refractivity contribution is 7.99. The molecular weight excluding hydrogens is 444 g/mol. The molecule has 0 fully saturated rings. The van der Waals surface area contributed by atoms with E-state index >= 15 is 0 Å². The van der Waals surface area contributed by atoms with E-state index in [2.05, 4.69) is 19.9 Å². The third-order valence-corrected chi connectivity index (χ3v) is 6.09. The second kappa shape index (κ2) is 10.4. The lowest BCUT2D eigenvalue weighted by Crippen LogP contribution is -2.15. The molecule has 162 valence electrons. The number of aromatic nitrogens is 4. The summed E-state index contributed by atoms with van der Waals surface area (Å²) in [4.78, 5) is 27.5. The maximum atomic E-state index is 12.3. The number of hydrogen-bond acceptors (Lipinski definition) is 6. The van der Waals surface area contributed by atoms with E-state index in [1.807, 2.05) is 49.4 Å². The first-order valence-corrected chi connectivity index (χ1v) is 11.4. The predicted molar refractivity (Wildman–Crippen MR) is 127 cm³/mol. The quantitative estimate of drug-likeness (QED) is 0.283. The molecule has 0 aliphatic rings. The maximum Gasteiger partial charge on any atom is 0.255 e. The van der Waals surface area contributed by atoms with Gasteiger partial charge in [0, 0.05) is 41.4 Å². The molecule has 0 saturated carbocycles. The van der Waals surface area contributed by atoms with Gasteiger partial charge in [-0.3, -0.25) is 4.79 Å². The van der Waals surface area contributed by atoms with Crippen molar-refractivity contribution in [1.29, 1.82) is 0 Å². The van der Waals surface area contributed by atoms with Gasteiger partial charge in [0.1, 0.15) is 17.8 Å². The average Bonchev–Trinajstić information content (AvgIpc) is 2.80. The van der Waals surface area contributed by atoms with Crippen molar-refractivity contribution in [2.24, 2.45) is 0 Å². The smallest absolute Gasteiger partial charge is 0.255 e. The maximum absolute atomic E-state index is 12.3. The van der Waals surface area contributed by atoms with Crippen LogP contribution in [-0.2, 0) is 12.8 Å². The topological polar surface area (TPSA) is 80.8 Å². The van der Waals surface area contributed by atoms with Crippen molar-refractivity contribution in [2.45, 2.75) is 24.9 Å². The van der Waals surface area contributed by atoms with E-state index in [-0.39, 0.29) is 5.56 Å². The fraction of sp³-hybridized carbons (Fsp3) is 0.167. The summed E-state index contributed by atoms with van der Waals surface area (Å²) in [6, 6.07) is 13.6. The zero-order valence-corrected chi connectivity index (χ0v) is 19.0. The molecule has 0 amide bonds. The summed E-state index contributed by atoms with van der Waals surface area (Å²) in [7, 11) is 0. The Bertz CT molecular complexity index is 1250. The summed E-state index contributed by atoms with van der Waals surface area (Å²) >= 11 is 7.58. The molecule has 0 atom stereocenters. The monoisotopic (exact) mass is 464 g/mol. The summed E-state index contributed by atoms with van der Waals surface area (Å²) in [6.07, 6.45) is 7.78. The number of hydrogen-bond donors (Lipinski definition) is 1. The number of nitrogens with zero attached hydrogens (tertiary/aromatic N) is 3. The van der Waals surface area contributed by atoms with Gasteiger partial charge < -0.3 is 9.72 Å². The van der Waals surface area contributed by atoms with E-state index in [4.69, 9.17) is 16.3 Å². The summed E-state index contributed by atoms with van der Waals surface area (Å²) in [6.45, 7) is 1.95. The molecule has 0 aliphatic carbocycles. The van der Waals surface area contributed by atoms with Gasteiger partial charge in [0.15, 0.2) is 5.16 Å². The van der Waals surface area contributed by atoms with Gasteiger partial charge in [-0.25, -0.2) is 15.0 Å². The highest BCUT2D eigenvalue weighted by Gasteiger charge is 2.06. The number of aromatic amines is 1. The summed E-state index contributed by atoms with van der Waals surface area (Å²) in [5, 5.41) is 1.34. The van der Waals surface area contributed by atoms with E-state index < -0.39 is 0 Å². The van der Waals surface area contributed by atoms with Crippen LogP contribution in [0.4, 0.5) is 0 Å². The van der Waals surface area contributed by atoms with Gasteiger partial charge in [-0.05, 0) is 60.4 Å². The molecular formula is C24H21ClN4O2S. The molecule has 0 aliphatic heterocycles. The van der Waals surface area contributed by atoms with Gasteiger partial charge in [-0.1, -0.05) is 35.5 Å². The van der Waals surface area contributed by atoms with Crippen LogP contribution in [0.15, 0.2) is 77.3 Å². The number of aryl methyl sites for hydroxylation is 2. The lowest BCUT2D eigenvalue weighted by Gasteiger charge is -2.08. The SMILES string of the molecule is Cc1cc(Oc2ccc(CCSc3ncc(Cc4cncnc4)c(=O)[nH]3)cc2)ccc1Cl. The van der Waals surface area contributed by atoms with Gasteiger partial charge in [-0.15, -0.1) is 0 Å². The van der Waals surface area contributed by atoms with Crippen molar-refractivity contribution in [1.82, 2.24) is 19.9 Å². The fourth-order valence-corrected chi connectivity index (χ4v) is 3.99. The van der Waals surface area contributed by atoms with E-state index in [0.717, 1.165) is 39.8 Å². The molecule has 2 aromatic heterocycles. The standard InChI is InChI=1S/C24H21ClN4O2S/c1-16-10-21(6-7-22(16)25)31-20-4-2-17(3-5-20)8-9-32-24-28-14-19(23(30)29-24)11-18-12-26-15-27-13-18/h2-7,10,12-15H,8-9,11H2,1H3,(H,28,29,30). The molecule has 0 unspecified atom stereocenters. The minimum absolute atomic E-state index is 0.134. The molecule has 0 saturated heterocycles. The largest absolute Gasteiger partial charge is 0.457 e. The summed E-state index contributed by atoms with van der Waals surface area (Å²) < 4.78 is 5.89. The van der Waals surface area contributed by atoms with Crippen LogP contribution in [0.2, 0.25) is 5.02 Å². The summed E-state index contributed by atoms with van der Waals surface area (Å²) in [5.41, 5.74) is 3.49. The van der Waals surface area contributed by atoms with Crippen LogP contribution < -0.4 is 10.3 Å². The average molecular weight is 465 g/mol. The first-order valence-electron chi connectivity index (χ1n) is 10.0. The molecule has 6 nitrogen and oxygen atoms in total. The Labute approximate surface area is 195 Å². The van der Waals surface area contributed by atoms with Crippen LogP contribution in [0.1, 0.15) is 22.3 Å². The van der Waals surface area contributed by atoms with Crippen molar-refractivity contribution in [3.8, 4) is 11.5 Å². The molecule has 0 spiro atoms. The number of H-pyrrole nitrogens is 1. The molecule has 1 N–H and O–H groups in total. The second-order valence-electron chi connectivity index (χ2n) is 7.22. The Hall–Kier alpha value is -3.16. The molecule has 2 heterocycles. The van der Waals surface area contributed by atoms with Crippen molar-refractivity contribution >= 4 is 23.4 Å². The van der Waals surface area contributed by atoms with Crippen LogP contribution in [-0.4, -0.2) is 25.7 Å².